The molecule has 1 aromatic carbocycles. The normalized spacial score (nSPS) is 12.8. The van der Waals surface area contributed by atoms with Crippen molar-refractivity contribution in [2.45, 2.75) is 26.9 Å². The summed E-state index contributed by atoms with van der Waals surface area (Å²) in [6.45, 7) is 6.00. The number of aryl methyl sites for hydroxylation is 4. The zero-order valence-electron chi connectivity index (χ0n) is 10.7. The Morgan fingerprint density at radius 2 is 1.88 bits per heavy atom. The van der Waals surface area contributed by atoms with Crippen molar-refractivity contribution >= 4 is 0 Å². The molecule has 3 nitrogen and oxygen atoms in total. The summed E-state index contributed by atoms with van der Waals surface area (Å²) in [5.41, 5.74) is 5.02. The summed E-state index contributed by atoms with van der Waals surface area (Å²) in [7, 11) is 1.87. The van der Waals surface area contributed by atoms with Gasteiger partial charge in [0.25, 0.3) is 0 Å². The fourth-order valence-corrected chi connectivity index (χ4v) is 2.19. The van der Waals surface area contributed by atoms with Crippen LogP contribution in [0, 0.1) is 20.8 Å². The summed E-state index contributed by atoms with van der Waals surface area (Å²) in [4.78, 5) is 0. The lowest BCUT2D eigenvalue weighted by molar-refractivity contribution is 0.218. The second kappa shape index (κ2) is 4.34. The van der Waals surface area contributed by atoms with Gasteiger partial charge >= 0.3 is 0 Å². The van der Waals surface area contributed by atoms with Gasteiger partial charge in [-0.25, -0.2) is 0 Å². The summed E-state index contributed by atoms with van der Waals surface area (Å²) in [6.07, 6.45) is 1.28. The lowest BCUT2D eigenvalue weighted by atomic mass is 9.97. The van der Waals surface area contributed by atoms with Crippen LogP contribution in [-0.4, -0.2) is 14.9 Å². The van der Waals surface area contributed by atoms with Crippen LogP contribution in [0.25, 0.3) is 0 Å². The maximum atomic E-state index is 10.4. The van der Waals surface area contributed by atoms with Gasteiger partial charge in [-0.05, 0) is 31.9 Å². The molecule has 0 aliphatic rings. The van der Waals surface area contributed by atoms with E-state index in [1.807, 2.05) is 39.2 Å². The average molecular weight is 230 g/mol. The first-order valence-electron chi connectivity index (χ1n) is 5.74. The third-order valence-electron chi connectivity index (χ3n) is 3.07. The molecular weight excluding hydrogens is 212 g/mol. The van der Waals surface area contributed by atoms with E-state index in [1.54, 1.807) is 4.68 Å². The van der Waals surface area contributed by atoms with Gasteiger partial charge in [0.05, 0.1) is 5.69 Å². The van der Waals surface area contributed by atoms with Crippen LogP contribution < -0.4 is 0 Å². The first-order chi connectivity index (χ1) is 7.99. The van der Waals surface area contributed by atoms with Gasteiger partial charge in [0.1, 0.15) is 6.10 Å². The fourth-order valence-electron chi connectivity index (χ4n) is 2.19. The van der Waals surface area contributed by atoms with Crippen molar-refractivity contribution < 1.29 is 5.11 Å². The van der Waals surface area contributed by atoms with Crippen molar-refractivity contribution in [1.29, 1.82) is 0 Å². The Morgan fingerprint density at radius 3 is 2.41 bits per heavy atom. The molecule has 1 heterocycles. The lowest BCUT2D eigenvalue weighted by Crippen LogP contribution is -2.02. The predicted octanol–water partition coefficient (Wildman–Crippen LogP) is 2.43. The number of rotatable bonds is 2. The van der Waals surface area contributed by atoms with Crippen LogP contribution in [0.3, 0.4) is 0 Å². The van der Waals surface area contributed by atoms with Gasteiger partial charge in [0.2, 0.25) is 0 Å². The van der Waals surface area contributed by atoms with E-state index in [0.717, 1.165) is 22.4 Å². The molecule has 1 unspecified atom stereocenters. The minimum atomic E-state index is -0.593. The first-order valence-corrected chi connectivity index (χ1v) is 5.74. The molecule has 1 atom stereocenters. The molecule has 3 heteroatoms. The zero-order valence-corrected chi connectivity index (χ0v) is 10.7. The van der Waals surface area contributed by atoms with Crippen LogP contribution in [-0.2, 0) is 7.05 Å². The maximum Gasteiger partial charge on any atom is 0.108 e. The SMILES string of the molecule is Cc1ccc(C(O)c2cn(C)nc2C)c(C)c1. The first kappa shape index (κ1) is 11.9. The summed E-state index contributed by atoms with van der Waals surface area (Å²) < 4.78 is 1.73. The van der Waals surface area contributed by atoms with Gasteiger partial charge in [-0.1, -0.05) is 23.8 Å². The second-order valence-electron chi connectivity index (χ2n) is 4.61. The van der Waals surface area contributed by atoms with Gasteiger partial charge in [-0.2, -0.15) is 5.10 Å². The maximum absolute atomic E-state index is 10.4. The Balaban J connectivity index is 2.43. The molecule has 0 saturated carbocycles. The molecule has 1 aromatic heterocycles. The molecule has 0 fully saturated rings. The van der Waals surface area contributed by atoms with Gasteiger partial charge in [-0.15, -0.1) is 0 Å². The Kier molecular flexibility index (Phi) is 3.03. The van der Waals surface area contributed by atoms with Crippen molar-refractivity contribution in [2.24, 2.45) is 7.05 Å². The molecule has 17 heavy (non-hydrogen) atoms. The molecule has 2 rings (SSSR count). The fraction of sp³-hybridized carbons (Fsp3) is 0.357. The van der Waals surface area contributed by atoms with Gasteiger partial charge in [-0.3, -0.25) is 4.68 Å². The molecule has 0 radical (unpaired) electrons. The van der Waals surface area contributed by atoms with Crippen LogP contribution in [0.5, 0.6) is 0 Å². The highest BCUT2D eigenvalue weighted by Gasteiger charge is 2.17. The number of aliphatic hydroxyl groups excluding tert-OH is 1. The average Bonchev–Trinajstić information content (AvgIpc) is 2.57. The third-order valence-corrected chi connectivity index (χ3v) is 3.07. The Hall–Kier alpha value is -1.61. The van der Waals surface area contributed by atoms with E-state index in [4.69, 9.17) is 0 Å². The highest BCUT2D eigenvalue weighted by molar-refractivity contribution is 5.37. The van der Waals surface area contributed by atoms with E-state index in [1.165, 1.54) is 5.56 Å². The number of aliphatic hydroxyl groups is 1. The summed E-state index contributed by atoms with van der Waals surface area (Å²) in [5, 5.41) is 14.7. The van der Waals surface area contributed by atoms with Crippen LogP contribution in [0.4, 0.5) is 0 Å². The second-order valence-corrected chi connectivity index (χ2v) is 4.61. The standard InChI is InChI=1S/C14H18N2O/c1-9-5-6-12(10(2)7-9)14(17)13-8-16(4)15-11(13)3/h5-8,14,17H,1-4H3. The van der Waals surface area contributed by atoms with Gasteiger partial charge < -0.3 is 5.11 Å². The Labute approximate surface area is 102 Å². The van der Waals surface area contributed by atoms with Crippen molar-refractivity contribution in [3.05, 3.63) is 52.3 Å². The molecule has 2 aromatic rings. The van der Waals surface area contributed by atoms with Gasteiger partial charge in [0, 0.05) is 18.8 Å². The number of aromatic nitrogens is 2. The van der Waals surface area contributed by atoms with E-state index in [9.17, 15) is 5.11 Å². The Bertz CT molecular complexity index is 543. The number of hydrogen-bond acceptors (Lipinski definition) is 2. The Morgan fingerprint density at radius 1 is 1.18 bits per heavy atom. The van der Waals surface area contributed by atoms with E-state index >= 15 is 0 Å². The van der Waals surface area contributed by atoms with Crippen LogP contribution >= 0.6 is 0 Å². The molecule has 0 aliphatic heterocycles. The van der Waals surface area contributed by atoms with E-state index in [2.05, 4.69) is 18.1 Å². The topological polar surface area (TPSA) is 38.0 Å². The molecule has 0 bridgehead atoms. The summed E-state index contributed by atoms with van der Waals surface area (Å²) in [5.74, 6) is 0. The molecule has 0 amide bonds. The predicted molar refractivity (Wildman–Crippen MR) is 67.9 cm³/mol. The minimum Gasteiger partial charge on any atom is -0.384 e. The lowest BCUT2D eigenvalue weighted by Gasteiger charge is -2.13. The highest BCUT2D eigenvalue weighted by atomic mass is 16.3. The van der Waals surface area contributed by atoms with E-state index < -0.39 is 6.10 Å². The number of benzene rings is 1. The van der Waals surface area contributed by atoms with Crippen LogP contribution in [0.15, 0.2) is 24.4 Å². The molecular formula is C14H18N2O. The summed E-state index contributed by atoms with van der Waals surface area (Å²) in [6, 6.07) is 6.10. The monoisotopic (exact) mass is 230 g/mol. The molecule has 0 spiro atoms. The van der Waals surface area contributed by atoms with Crippen molar-refractivity contribution in [3.8, 4) is 0 Å². The highest BCUT2D eigenvalue weighted by Crippen LogP contribution is 2.26. The largest absolute Gasteiger partial charge is 0.384 e. The van der Waals surface area contributed by atoms with Crippen LogP contribution in [0.2, 0.25) is 0 Å². The third kappa shape index (κ3) is 2.24. The van der Waals surface area contributed by atoms with E-state index in [-0.39, 0.29) is 0 Å². The van der Waals surface area contributed by atoms with Crippen LogP contribution in [0.1, 0.15) is 34.1 Å². The van der Waals surface area contributed by atoms with Gasteiger partial charge in [0.15, 0.2) is 0 Å². The van der Waals surface area contributed by atoms with Crippen molar-refractivity contribution in [3.63, 3.8) is 0 Å². The molecule has 90 valence electrons. The minimum absolute atomic E-state index is 0.593. The number of nitrogens with zero attached hydrogens (tertiary/aromatic N) is 2. The molecule has 0 aliphatic carbocycles. The van der Waals surface area contributed by atoms with E-state index in [0.29, 0.717) is 0 Å². The van der Waals surface area contributed by atoms with Crippen molar-refractivity contribution in [1.82, 2.24) is 9.78 Å². The molecule has 1 N–H and O–H groups in total. The zero-order chi connectivity index (χ0) is 12.6. The van der Waals surface area contributed by atoms with Crippen molar-refractivity contribution in [2.75, 3.05) is 0 Å². The smallest absolute Gasteiger partial charge is 0.108 e. The molecule has 0 saturated heterocycles. The summed E-state index contributed by atoms with van der Waals surface area (Å²) >= 11 is 0. The number of hydrogen-bond donors (Lipinski definition) is 1. The quantitative estimate of drug-likeness (QED) is 0.860.